The number of nitrogens with zero attached hydrogens (tertiary/aromatic N) is 1. The molecule has 1 aliphatic rings. The van der Waals surface area contributed by atoms with Gasteiger partial charge in [0.1, 0.15) is 5.78 Å². The average Bonchev–Trinajstić information content (AvgIpc) is 2.63. The molecule has 1 rings (SSSR count). The van der Waals surface area contributed by atoms with Crippen LogP contribution in [0.25, 0.3) is 0 Å². The van der Waals surface area contributed by atoms with E-state index in [1.807, 2.05) is 19.9 Å². The fourth-order valence-corrected chi connectivity index (χ4v) is 1.62. The molecule has 1 saturated carbocycles. The molecule has 2 heteroatoms. The summed E-state index contributed by atoms with van der Waals surface area (Å²) in [5, 5.41) is 8.88. The third kappa shape index (κ3) is 1.40. The first kappa shape index (κ1) is 8.99. The van der Waals surface area contributed by atoms with Crippen molar-refractivity contribution in [2.75, 3.05) is 0 Å². The van der Waals surface area contributed by atoms with Crippen LogP contribution >= 0.6 is 0 Å². The fraction of sp³-hybridized carbons (Fsp3) is 0.600. The lowest BCUT2D eigenvalue weighted by atomic mass is 10.0. The van der Waals surface area contributed by atoms with Gasteiger partial charge in [-0.05, 0) is 27.2 Å². The summed E-state index contributed by atoms with van der Waals surface area (Å²) in [4.78, 5) is 11.0. The molecule has 1 fully saturated rings. The monoisotopic (exact) mass is 163 g/mol. The molecule has 0 spiro atoms. The third-order valence-electron chi connectivity index (χ3n) is 2.25. The summed E-state index contributed by atoms with van der Waals surface area (Å²) in [7, 11) is 0. The van der Waals surface area contributed by atoms with Crippen molar-refractivity contribution < 1.29 is 4.79 Å². The van der Waals surface area contributed by atoms with Gasteiger partial charge in [0.05, 0.1) is 11.5 Å². The number of Topliss-reactive ketones (excluding diaryl/α,β-unsaturated/α-hetero) is 1. The zero-order chi connectivity index (χ0) is 9.35. The molecule has 2 nitrogen and oxygen atoms in total. The quantitative estimate of drug-likeness (QED) is 0.585. The van der Waals surface area contributed by atoms with Crippen molar-refractivity contribution in [1.29, 1.82) is 5.26 Å². The van der Waals surface area contributed by atoms with Gasteiger partial charge in [0.15, 0.2) is 0 Å². The molecule has 0 radical (unpaired) electrons. The first-order valence-corrected chi connectivity index (χ1v) is 4.09. The second-order valence-electron chi connectivity index (χ2n) is 3.74. The lowest BCUT2D eigenvalue weighted by Gasteiger charge is -1.99. The van der Waals surface area contributed by atoms with Crippen LogP contribution in [0.4, 0.5) is 0 Å². The van der Waals surface area contributed by atoms with Crippen molar-refractivity contribution in [3.63, 3.8) is 0 Å². The topological polar surface area (TPSA) is 40.9 Å². The largest absolute Gasteiger partial charge is 0.300 e. The van der Waals surface area contributed by atoms with Gasteiger partial charge < -0.3 is 0 Å². The smallest absolute Gasteiger partial charge is 0.134 e. The van der Waals surface area contributed by atoms with Crippen molar-refractivity contribution in [2.45, 2.75) is 27.2 Å². The Bertz CT molecular complexity index is 281. The van der Waals surface area contributed by atoms with E-state index in [9.17, 15) is 4.79 Å². The Labute approximate surface area is 72.9 Å². The molecule has 1 aliphatic carbocycles. The molecular weight excluding hydrogens is 150 g/mol. The number of rotatable bonds is 2. The van der Waals surface area contributed by atoms with E-state index >= 15 is 0 Å². The van der Waals surface area contributed by atoms with Gasteiger partial charge in [-0.2, -0.15) is 5.26 Å². The van der Waals surface area contributed by atoms with Crippen molar-refractivity contribution >= 4 is 5.78 Å². The van der Waals surface area contributed by atoms with Crippen molar-refractivity contribution in [1.82, 2.24) is 0 Å². The van der Waals surface area contributed by atoms with E-state index in [-0.39, 0.29) is 11.7 Å². The summed E-state index contributed by atoms with van der Waals surface area (Å²) in [6.45, 7) is 5.46. The summed E-state index contributed by atoms with van der Waals surface area (Å²) >= 11 is 0. The predicted octanol–water partition coefficient (Wildman–Crippen LogP) is 2.07. The van der Waals surface area contributed by atoms with Gasteiger partial charge in [0, 0.05) is 5.92 Å². The fourth-order valence-electron chi connectivity index (χ4n) is 1.62. The second-order valence-corrected chi connectivity index (χ2v) is 3.74. The molecule has 12 heavy (non-hydrogen) atoms. The molecular formula is C10H13NO. The minimum Gasteiger partial charge on any atom is -0.300 e. The van der Waals surface area contributed by atoms with Gasteiger partial charge in [-0.3, -0.25) is 4.79 Å². The third-order valence-corrected chi connectivity index (χ3v) is 2.25. The molecule has 0 aliphatic heterocycles. The summed E-state index contributed by atoms with van der Waals surface area (Å²) in [6, 6.07) is 2.22. The number of allylic oxidation sites excluding steroid dienone is 2. The maximum absolute atomic E-state index is 11.0. The van der Waals surface area contributed by atoms with E-state index in [1.165, 1.54) is 0 Å². The number of carbonyl (C=O) groups is 1. The Hall–Kier alpha value is -1.10. The Morgan fingerprint density at radius 1 is 1.58 bits per heavy atom. The molecule has 64 valence electrons. The highest BCUT2D eigenvalue weighted by atomic mass is 16.1. The molecule has 0 bridgehead atoms. The van der Waals surface area contributed by atoms with Crippen LogP contribution < -0.4 is 0 Å². The predicted molar refractivity (Wildman–Crippen MR) is 46.3 cm³/mol. The number of carbonyl (C=O) groups excluding carboxylic acids is 1. The molecule has 0 aromatic heterocycles. The maximum atomic E-state index is 11.0. The first-order valence-electron chi connectivity index (χ1n) is 4.09. The van der Waals surface area contributed by atoms with E-state index in [0.29, 0.717) is 6.42 Å². The van der Waals surface area contributed by atoms with Gasteiger partial charge >= 0.3 is 0 Å². The van der Waals surface area contributed by atoms with E-state index < -0.39 is 5.41 Å². The minimum atomic E-state index is -0.454. The summed E-state index contributed by atoms with van der Waals surface area (Å²) in [5.74, 6) is 0.0893. The van der Waals surface area contributed by atoms with Crippen LogP contribution in [0.2, 0.25) is 0 Å². The van der Waals surface area contributed by atoms with E-state index in [4.69, 9.17) is 5.26 Å². The Morgan fingerprint density at radius 2 is 2.17 bits per heavy atom. The van der Waals surface area contributed by atoms with Gasteiger partial charge in [0.2, 0.25) is 0 Å². The molecule has 0 N–H and O–H groups in total. The number of hydrogen-bond acceptors (Lipinski definition) is 2. The maximum Gasteiger partial charge on any atom is 0.134 e. The molecule has 0 aromatic rings. The zero-order valence-electron chi connectivity index (χ0n) is 7.72. The van der Waals surface area contributed by atoms with Gasteiger partial charge in [-0.25, -0.2) is 0 Å². The second kappa shape index (κ2) is 2.75. The molecule has 0 aromatic carbocycles. The van der Waals surface area contributed by atoms with Crippen LogP contribution in [0, 0.1) is 22.7 Å². The van der Waals surface area contributed by atoms with Crippen LogP contribution in [-0.4, -0.2) is 5.78 Å². The Morgan fingerprint density at radius 3 is 2.42 bits per heavy atom. The molecule has 0 unspecified atom stereocenters. The standard InChI is InChI=1S/C10H13NO/c1-7(2)4-10(6-11)5-9(10)8(3)12/h4,9H,5H2,1-3H3/t9-,10+/m1/s1. The number of hydrogen-bond donors (Lipinski definition) is 0. The van der Waals surface area contributed by atoms with Gasteiger partial charge in [-0.1, -0.05) is 11.6 Å². The number of ketones is 1. The van der Waals surface area contributed by atoms with Gasteiger partial charge in [0.25, 0.3) is 0 Å². The molecule has 0 saturated heterocycles. The Kier molecular flexibility index (Phi) is 2.06. The molecule has 0 heterocycles. The van der Waals surface area contributed by atoms with Crippen molar-refractivity contribution in [2.24, 2.45) is 11.3 Å². The summed E-state index contributed by atoms with van der Waals surface area (Å²) in [6.07, 6.45) is 2.63. The lowest BCUT2D eigenvalue weighted by Crippen LogP contribution is -2.03. The van der Waals surface area contributed by atoms with Crippen molar-refractivity contribution in [3.05, 3.63) is 11.6 Å². The first-order chi connectivity index (χ1) is 5.52. The van der Waals surface area contributed by atoms with Crippen molar-refractivity contribution in [3.8, 4) is 6.07 Å². The lowest BCUT2D eigenvalue weighted by molar-refractivity contribution is -0.118. The minimum absolute atomic E-state index is 0.0441. The summed E-state index contributed by atoms with van der Waals surface area (Å²) < 4.78 is 0. The van der Waals surface area contributed by atoms with E-state index in [2.05, 4.69) is 6.07 Å². The van der Waals surface area contributed by atoms with Crippen LogP contribution in [0.3, 0.4) is 0 Å². The SMILES string of the molecule is CC(=O)[C@H]1C[C@]1(C#N)C=C(C)C. The Balaban J connectivity index is 2.81. The highest BCUT2D eigenvalue weighted by molar-refractivity contribution is 5.83. The van der Waals surface area contributed by atoms with Crippen LogP contribution in [0.5, 0.6) is 0 Å². The van der Waals surface area contributed by atoms with Crippen LogP contribution in [0.15, 0.2) is 11.6 Å². The number of nitriles is 1. The highest BCUT2D eigenvalue weighted by Gasteiger charge is 2.55. The highest BCUT2D eigenvalue weighted by Crippen LogP contribution is 2.54. The van der Waals surface area contributed by atoms with Crippen LogP contribution in [0.1, 0.15) is 27.2 Å². The van der Waals surface area contributed by atoms with Gasteiger partial charge in [-0.15, -0.1) is 0 Å². The molecule has 2 atom stereocenters. The van der Waals surface area contributed by atoms with E-state index in [1.54, 1.807) is 6.92 Å². The average molecular weight is 163 g/mol. The molecule has 0 amide bonds. The summed E-state index contributed by atoms with van der Waals surface area (Å²) in [5.41, 5.74) is 0.658. The zero-order valence-corrected chi connectivity index (χ0v) is 7.72. The normalized spacial score (nSPS) is 32.0. The van der Waals surface area contributed by atoms with Crippen LogP contribution in [-0.2, 0) is 4.79 Å². The van der Waals surface area contributed by atoms with E-state index in [0.717, 1.165) is 5.57 Å².